The van der Waals surface area contributed by atoms with Crippen LogP contribution in [-0.4, -0.2) is 36.9 Å². The monoisotopic (exact) mass is 395 g/mol. The molecule has 0 aliphatic rings. The first-order valence-corrected chi connectivity index (χ1v) is 9.04. The number of hydrogen-bond donors (Lipinski definition) is 0. The molecule has 4 rings (SSSR count). The predicted molar refractivity (Wildman–Crippen MR) is 106 cm³/mol. The summed E-state index contributed by atoms with van der Waals surface area (Å²) < 4.78 is 7.34. The number of nitrogens with zero attached hydrogens (tertiary/aromatic N) is 7. The quantitative estimate of drug-likeness (QED) is 0.508. The van der Waals surface area contributed by atoms with Crippen molar-refractivity contribution in [3.63, 3.8) is 0 Å². The van der Waals surface area contributed by atoms with Crippen LogP contribution in [0.3, 0.4) is 0 Å². The normalized spacial score (nSPS) is 12.1. The molecule has 28 heavy (non-hydrogen) atoms. The molecule has 0 radical (unpaired) electrons. The Kier molecular flexibility index (Phi) is 4.79. The van der Waals surface area contributed by atoms with Gasteiger partial charge in [-0.05, 0) is 37.3 Å². The van der Waals surface area contributed by atoms with Gasteiger partial charge in [0.1, 0.15) is 0 Å². The van der Waals surface area contributed by atoms with Crippen LogP contribution in [0.2, 0.25) is 5.02 Å². The molecule has 0 saturated carbocycles. The third-order valence-corrected chi connectivity index (χ3v) is 4.81. The summed E-state index contributed by atoms with van der Waals surface area (Å²) in [6, 6.07) is 10.9. The lowest BCUT2D eigenvalue weighted by Crippen LogP contribution is -2.25. The Morgan fingerprint density at radius 2 is 1.89 bits per heavy atom. The second kappa shape index (κ2) is 7.40. The van der Waals surface area contributed by atoms with Crippen LogP contribution in [0.5, 0.6) is 0 Å². The van der Waals surface area contributed by atoms with Crippen LogP contribution in [0.1, 0.15) is 18.8 Å². The Morgan fingerprint density at radius 1 is 1.11 bits per heavy atom. The van der Waals surface area contributed by atoms with Crippen LogP contribution in [0, 0.1) is 0 Å². The van der Waals surface area contributed by atoms with Crippen LogP contribution in [0.15, 0.2) is 53.3 Å². The van der Waals surface area contributed by atoms with Gasteiger partial charge in [-0.1, -0.05) is 22.8 Å². The van der Waals surface area contributed by atoms with E-state index in [-0.39, 0.29) is 6.04 Å². The number of pyridine rings is 1. The molecule has 3 aromatic heterocycles. The van der Waals surface area contributed by atoms with E-state index in [2.05, 4.69) is 25.3 Å². The molecule has 3 heterocycles. The first-order valence-electron chi connectivity index (χ1n) is 8.66. The van der Waals surface area contributed by atoms with Crippen LogP contribution >= 0.6 is 11.6 Å². The second-order valence-corrected chi connectivity index (χ2v) is 6.81. The molecule has 0 aliphatic carbocycles. The first kappa shape index (κ1) is 18.1. The highest BCUT2D eigenvalue weighted by Crippen LogP contribution is 2.27. The smallest absolute Gasteiger partial charge is 0.258 e. The maximum Gasteiger partial charge on any atom is 0.258 e. The summed E-state index contributed by atoms with van der Waals surface area (Å²) in [5, 5.41) is 13.4. The maximum absolute atomic E-state index is 6.04. The predicted octanol–water partition coefficient (Wildman–Crippen LogP) is 3.78. The minimum atomic E-state index is -0.176. The summed E-state index contributed by atoms with van der Waals surface area (Å²) in [6.07, 6.45) is 3.46. The number of aromatic nitrogens is 6. The van der Waals surface area contributed by atoms with Gasteiger partial charge in [-0.3, -0.25) is 9.55 Å². The zero-order valence-electron chi connectivity index (χ0n) is 15.6. The molecule has 9 heteroatoms. The molecule has 0 unspecified atom stereocenters. The number of halogens is 1. The summed E-state index contributed by atoms with van der Waals surface area (Å²) in [7, 11) is 3.84. The van der Waals surface area contributed by atoms with Crippen LogP contribution < -0.4 is 4.90 Å². The lowest BCUT2D eigenvalue weighted by atomic mass is 10.2. The van der Waals surface area contributed by atoms with Gasteiger partial charge in [-0.15, -0.1) is 10.2 Å². The fourth-order valence-corrected chi connectivity index (χ4v) is 3.06. The van der Waals surface area contributed by atoms with Crippen molar-refractivity contribution in [1.82, 2.24) is 29.9 Å². The summed E-state index contributed by atoms with van der Waals surface area (Å²) in [5.74, 6) is 2.41. The lowest BCUT2D eigenvalue weighted by Gasteiger charge is -2.22. The van der Waals surface area contributed by atoms with Gasteiger partial charge in [-0.2, -0.15) is 4.98 Å². The van der Waals surface area contributed by atoms with E-state index in [1.165, 1.54) is 0 Å². The van der Waals surface area contributed by atoms with Gasteiger partial charge >= 0.3 is 0 Å². The highest BCUT2D eigenvalue weighted by atomic mass is 35.5. The van der Waals surface area contributed by atoms with E-state index in [0.717, 1.165) is 17.0 Å². The largest absolute Gasteiger partial charge is 0.334 e. The standard InChI is InChI=1S/C19H18ClN7O/c1-12(16-22-18(28-25-16)14-5-4-6-15(20)11-14)26(2)19-24-23-17(27(19)3)13-7-9-21-10-8-13/h4-12H,1-3H3/t12-/m1/s1. The van der Waals surface area contributed by atoms with Gasteiger partial charge in [-0.25, -0.2) is 0 Å². The second-order valence-electron chi connectivity index (χ2n) is 6.37. The Balaban J connectivity index is 1.59. The topological polar surface area (TPSA) is 85.8 Å². The highest BCUT2D eigenvalue weighted by Gasteiger charge is 2.23. The van der Waals surface area contributed by atoms with E-state index in [4.69, 9.17) is 16.1 Å². The Labute approximate surface area is 166 Å². The minimum absolute atomic E-state index is 0.176. The molecule has 142 valence electrons. The molecular weight excluding hydrogens is 378 g/mol. The van der Waals surface area contributed by atoms with Crippen LogP contribution in [0.25, 0.3) is 22.8 Å². The fraction of sp³-hybridized carbons (Fsp3) is 0.211. The average molecular weight is 396 g/mol. The summed E-state index contributed by atoms with van der Waals surface area (Å²) in [4.78, 5) is 10.5. The van der Waals surface area contributed by atoms with E-state index in [9.17, 15) is 0 Å². The molecule has 1 atom stereocenters. The number of hydrogen-bond acceptors (Lipinski definition) is 7. The fourth-order valence-electron chi connectivity index (χ4n) is 2.87. The van der Waals surface area contributed by atoms with E-state index < -0.39 is 0 Å². The third kappa shape index (κ3) is 3.34. The zero-order chi connectivity index (χ0) is 19.7. The van der Waals surface area contributed by atoms with Gasteiger partial charge in [0, 0.05) is 42.6 Å². The maximum atomic E-state index is 6.04. The van der Waals surface area contributed by atoms with Crippen LogP contribution in [-0.2, 0) is 7.05 Å². The highest BCUT2D eigenvalue weighted by molar-refractivity contribution is 6.30. The van der Waals surface area contributed by atoms with Crippen molar-refractivity contribution in [3.05, 3.63) is 59.6 Å². The minimum Gasteiger partial charge on any atom is -0.334 e. The number of rotatable bonds is 5. The molecule has 4 aromatic rings. The summed E-state index contributed by atoms with van der Waals surface area (Å²) in [5.41, 5.74) is 1.72. The molecule has 0 amide bonds. The van der Waals surface area contributed by atoms with Crippen LogP contribution in [0.4, 0.5) is 5.95 Å². The van der Waals surface area contributed by atoms with Gasteiger partial charge in [0.15, 0.2) is 11.6 Å². The molecular formula is C19H18ClN7O. The third-order valence-electron chi connectivity index (χ3n) is 4.57. The van der Waals surface area contributed by atoms with Crippen molar-refractivity contribution >= 4 is 17.5 Å². The van der Waals surface area contributed by atoms with Crippen molar-refractivity contribution < 1.29 is 4.52 Å². The molecule has 0 fully saturated rings. The van der Waals surface area contributed by atoms with Gasteiger partial charge in [0.2, 0.25) is 5.95 Å². The van der Waals surface area contributed by atoms with Crippen molar-refractivity contribution in [3.8, 4) is 22.8 Å². The van der Waals surface area contributed by atoms with E-state index >= 15 is 0 Å². The Morgan fingerprint density at radius 3 is 2.64 bits per heavy atom. The molecule has 0 N–H and O–H groups in total. The number of anilines is 1. The molecule has 0 spiro atoms. The Hall–Kier alpha value is -3.26. The van der Waals surface area contributed by atoms with Crippen molar-refractivity contribution in [2.24, 2.45) is 7.05 Å². The lowest BCUT2D eigenvalue weighted by molar-refractivity contribution is 0.416. The zero-order valence-corrected chi connectivity index (χ0v) is 16.4. The average Bonchev–Trinajstić information content (AvgIpc) is 3.35. The molecule has 0 bridgehead atoms. The Bertz CT molecular complexity index is 1090. The molecule has 1 aromatic carbocycles. The van der Waals surface area contributed by atoms with Crippen molar-refractivity contribution in [1.29, 1.82) is 0 Å². The van der Waals surface area contributed by atoms with Crippen molar-refractivity contribution in [2.45, 2.75) is 13.0 Å². The number of benzene rings is 1. The van der Waals surface area contributed by atoms with Gasteiger partial charge in [0.25, 0.3) is 5.89 Å². The molecule has 8 nitrogen and oxygen atoms in total. The van der Waals surface area contributed by atoms with Gasteiger partial charge < -0.3 is 9.42 Å². The summed E-state index contributed by atoms with van der Waals surface area (Å²) in [6.45, 7) is 1.98. The van der Waals surface area contributed by atoms with Gasteiger partial charge in [0.05, 0.1) is 6.04 Å². The summed E-state index contributed by atoms with van der Waals surface area (Å²) >= 11 is 6.04. The van der Waals surface area contributed by atoms with E-state index in [0.29, 0.717) is 22.7 Å². The van der Waals surface area contributed by atoms with E-state index in [1.807, 2.05) is 54.8 Å². The SMILES string of the molecule is C[C@H](c1noc(-c2cccc(Cl)c2)n1)N(C)c1nnc(-c2ccncc2)n1C. The molecule has 0 saturated heterocycles. The van der Waals surface area contributed by atoms with Crippen molar-refractivity contribution in [2.75, 3.05) is 11.9 Å². The van der Waals surface area contributed by atoms with E-state index in [1.54, 1.807) is 24.5 Å². The molecule has 0 aliphatic heterocycles. The first-order chi connectivity index (χ1) is 13.5.